The van der Waals surface area contributed by atoms with Crippen molar-refractivity contribution in [2.24, 2.45) is 0 Å². The first kappa shape index (κ1) is 41.4. The number of aryl methyl sites for hydroxylation is 1. The van der Waals surface area contributed by atoms with Gasteiger partial charge < -0.3 is 38.2 Å². The lowest BCUT2D eigenvalue weighted by atomic mass is 10.0. The molecule has 0 aliphatic rings. The maximum absolute atomic E-state index is 11.9. The van der Waals surface area contributed by atoms with Crippen LogP contribution >= 0.6 is 0 Å². The molecule has 6 aromatic carbocycles. The van der Waals surface area contributed by atoms with E-state index in [1.54, 1.807) is 45.0 Å². The quantitative estimate of drug-likeness (QED) is 0.0562. The van der Waals surface area contributed by atoms with Gasteiger partial charge in [-0.15, -0.1) is 0 Å². The molecule has 0 aliphatic carbocycles. The van der Waals surface area contributed by atoms with E-state index < -0.39 is 18.5 Å². The number of nitrogens with zero attached hydrogens (tertiary/aromatic N) is 2. The van der Waals surface area contributed by atoms with E-state index in [-0.39, 0.29) is 26.4 Å². The van der Waals surface area contributed by atoms with E-state index >= 15 is 0 Å². The van der Waals surface area contributed by atoms with Gasteiger partial charge in [0.05, 0.1) is 19.8 Å². The number of rotatable bonds is 15. The molecule has 0 spiro atoms. The van der Waals surface area contributed by atoms with Gasteiger partial charge in [-0.2, -0.15) is 0 Å². The second kappa shape index (κ2) is 20.2. The van der Waals surface area contributed by atoms with Crippen molar-refractivity contribution in [2.75, 3.05) is 29.6 Å². The maximum Gasteiger partial charge on any atom is 0.513 e. The number of benzene rings is 6. The molecule has 6 rings (SSSR count). The Balaban J connectivity index is 1.27. The summed E-state index contributed by atoms with van der Waals surface area (Å²) in [7, 11) is 0. The van der Waals surface area contributed by atoms with Crippen molar-refractivity contribution in [3.05, 3.63) is 157 Å². The second-order valence-electron chi connectivity index (χ2n) is 13.0. The molecule has 0 bridgehead atoms. The van der Waals surface area contributed by atoms with Crippen molar-refractivity contribution in [1.29, 1.82) is 0 Å². The van der Waals surface area contributed by atoms with Gasteiger partial charge in [-0.1, -0.05) is 55.5 Å². The average Bonchev–Trinajstić information content (AvgIpc) is 3.26. The molecule has 0 amide bonds. The summed E-state index contributed by atoms with van der Waals surface area (Å²) in [5.74, 6) is 0.748. The SMILES string of the molecule is CCOC(=O)OCc1ccc(N(c2ccc(OC(=O)OCC)cc2)c2ccc(-c3ccc(N(c4ccc(CC)cc4)c4ccc(OC(=O)OCC)cc4)cc3)cc2)cc1. The summed E-state index contributed by atoms with van der Waals surface area (Å²) in [6.07, 6.45) is -1.29. The Morgan fingerprint density at radius 2 is 0.678 bits per heavy atom. The number of carbonyl (C=O) groups is 3. The summed E-state index contributed by atoms with van der Waals surface area (Å²) in [6, 6.07) is 47.2. The van der Waals surface area contributed by atoms with Crippen LogP contribution < -0.4 is 19.3 Å². The molecule has 11 heteroatoms. The predicted octanol–water partition coefficient (Wildman–Crippen LogP) is 12.6. The normalized spacial score (nSPS) is 10.6. The Bertz CT molecular complexity index is 2280. The van der Waals surface area contributed by atoms with E-state index in [4.69, 9.17) is 28.4 Å². The van der Waals surface area contributed by atoms with Gasteiger partial charge in [-0.25, -0.2) is 14.4 Å². The first-order chi connectivity index (χ1) is 28.8. The van der Waals surface area contributed by atoms with Crippen molar-refractivity contribution in [3.63, 3.8) is 0 Å². The molecule has 302 valence electrons. The monoisotopic (exact) mass is 794 g/mol. The average molecular weight is 795 g/mol. The first-order valence-corrected chi connectivity index (χ1v) is 19.5. The van der Waals surface area contributed by atoms with Gasteiger partial charge in [0.25, 0.3) is 0 Å². The molecule has 0 aliphatic heterocycles. The predicted molar refractivity (Wildman–Crippen MR) is 228 cm³/mol. The van der Waals surface area contributed by atoms with Gasteiger partial charge >= 0.3 is 18.5 Å². The lowest BCUT2D eigenvalue weighted by molar-refractivity contribution is 0.0535. The highest BCUT2D eigenvalue weighted by atomic mass is 16.7. The third-order valence-electron chi connectivity index (χ3n) is 9.12. The number of carbonyl (C=O) groups excluding carboxylic acids is 3. The molecule has 6 aromatic rings. The molecule has 0 N–H and O–H groups in total. The molecule has 0 fully saturated rings. The standard InChI is InChI=1S/C48H46N2O9/c1-5-34-9-17-38(18-10-34)49(42-25-29-44(30-26-42)58-47(52)55-7-3)40-21-13-36(14-22-40)37-15-23-41(24-16-37)50(43-27-31-45(32-28-43)59-48(53)56-8-4)39-19-11-35(12-20-39)33-57-46(51)54-6-2/h9-32H,5-8,33H2,1-4H3. The van der Waals surface area contributed by atoms with Crippen LogP contribution in [-0.2, 0) is 32.0 Å². The van der Waals surface area contributed by atoms with Crippen LogP contribution in [0.3, 0.4) is 0 Å². The molecule has 59 heavy (non-hydrogen) atoms. The molecular formula is C48H46N2O9. The molecule has 0 aromatic heterocycles. The molecule has 0 radical (unpaired) electrons. The van der Waals surface area contributed by atoms with Crippen molar-refractivity contribution < 1.29 is 42.8 Å². The van der Waals surface area contributed by atoms with Gasteiger partial charge in [0.2, 0.25) is 0 Å². The Labute approximate surface area is 344 Å². The molecule has 0 saturated heterocycles. The van der Waals surface area contributed by atoms with Crippen molar-refractivity contribution in [1.82, 2.24) is 0 Å². The number of anilines is 6. The smallest absolute Gasteiger partial charge is 0.435 e. The van der Waals surface area contributed by atoms with E-state index in [0.29, 0.717) is 11.5 Å². The second-order valence-corrected chi connectivity index (χ2v) is 13.0. The summed E-state index contributed by atoms with van der Waals surface area (Å²) < 4.78 is 30.5. The molecule has 0 unspecified atom stereocenters. The van der Waals surface area contributed by atoms with Crippen LogP contribution in [-0.4, -0.2) is 38.3 Å². The highest BCUT2D eigenvalue weighted by Gasteiger charge is 2.17. The Hall–Kier alpha value is -7.27. The fourth-order valence-electron chi connectivity index (χ4n) is 6.24. The lowest BCUT2D eigenvalue weighted by Gasteiger charge is -2.26. The fourth-order valence-corrected chi connectivity index (χ4v) is 6.24. The lowest BCUT2D eigenvalue weighted by Crippen LogP contribution is -2.12. The zero-order valence-electron chi connectivity index (χ0n) is 33.5. The highest BCUT2D eigenvalue weighted by Crippen LogP contribution is 2.39. The number of ether oxygens (including phenoxy) is 6. The first-order valence-electron chi connectivity index (χ1n) is 19.5. The van der Waals surface area contributed by atoms with Crippen LogP contribution in [0.5, 0.6) is 11.5 Å². The van der Waals surface area contributed by atoms with Gasteiger partial charge in [0.15, 0.2) is 0 Å². The Kier molecular flexibility index (Phi) is 14.2. The molecule has 0 atom stereocenters. The Morgan fingerprint density at radius 3 is 1.02 bits per heavy atom. The summed E-state index contributed by atoms with van der Waals surface area (Å²) in [5, 5.41) is 0. The van der Waals surface area contributed by atoms with Gasteiger partial charge in [0, 0.05) is 34.1 Å². The van der Waals surface area contributed by atoms with Crippen molar-refractivity contribution in [2.45, 2.75) is 40.7 Å². The van der Waals surface area contributed by atoms with E-state index in [2.05, 4.69) is 77.4 Å². The Morgan fingerprint density at radius 1 is 0.373 bits per heavy atom. The van der Waals surface area contributed by atoms with Crippen LogP contribution in [0, 0.1) is 0 Å². The number of hydrogen-bond acceptors (Lipinski definition) is 11. The summed E-state index contributed by atoms with van der Waals surface area (Å²) in [4.78, 5) is 39.8. The van der Waals surface area contributed by atoms with Crippen LogP contribution in [0.1, 0.15) is 38.8 Å². The third kappa shape index (κ3) is 11.0. The topological polar surface area (TPSA) is 113 Å². The maximum atomic E-state index is 11.9. The molecule has 0 saturated carbocycles. The van der Waals surface area contributed by atoms with Crippen LogP contribution in [0.15, 0.2) is 146 Å². The molecular weight excluding hydrogens is 749 g/mol. The van der Waals surface area contributed by atoms with Crippen LogP contribution in [0.4, 0.5) is 48.5 Å². The molecule has 0 heterocycles. The van der Waals surface area contributed by atoms with Crippen molar-refractivity contribution in [3.8, 4) is 22.6 Å². The number of hydrogen-bond donors (Lipinski definition) is 0. The zero-order chi connectivity index (χ0) is 41.6. The van der Waals surface area contributed by atoms with Gasteiger partial charge in [-0.05, 0) is 147 Å². The van der Waals surface area contributed by atoms with Crippen molar-refractivity contribution >= 4 is 52.6 Å². The van der Waals surface area contributed by atoms with E-state index in [1.807, 2.05) is 60.7 Å². The minimum absolute atomic E-state index is 0.0771. The van der Waals surface area contributed by atoms with Gasteiger partial charge in [0.1, 0.15) is 18.1 Å². The highest BCUT2D eigenvalue weighted by molar-refractivity contribution is 5.81. The van der Waals surface area contributed by atoms with Gasteiger partial charge in [-0.3, -0.25) is 0 Å². The fraction of sp³-hybridized carbons (Fsp3) is 0.188. The third-order valence-corrected chi connectivity index (χ3v) is 9.12. The minimum Gasteiger partial charge on any atom is -0.435 e. The van der Waals surface area contributed by atoms with E-state index in [9.17, 15) is 14.4 Å². The van der Waals surface area contributed by atoms with E-state index in [0.717, 1.165) is 57.2 Å². The largest absolute Gasteiger partial charge is 0.513 e. The van der Waals surface area contributed by atoms with Crippen LogP contribution in [0.2, 0.25) is 0 Å². The minimum atomic E-state index is -0.767. The summed E-state index contributed by atoms with van der Waals surface area (Å²) in [5.41, 5.74) is 9.47. The zero-order valence-corrected chi connectivity index (χ0v) is 33.5. The summed E-state index contributed by atoms with van der Waals surface area (Å²) in [6.45, 7) is 8.05. The van der Waals surface area contributed by atoms with Crippen LogP contribution in [0.25, 0.3) is 11.1 Å². The summed E-state index contributed by atoms with van der Waals surface area (Å²) >= 11 is 0. The van der Waals surface area contributed by atoms with E-state index in [1.165, 1.54) is 5.56 Å². The molecule has 11 nitrogen and oxygen atoms in total.